The molecule has 0 radical (unpaired) electrons. The van der Waals surface area contributed by atoms with Gasteiger partial charge in [-0.1, -0.05) is 109 Å². The van der Waals surface area contributed by atoms with Gasteiger partial charge in [-0.3, -0.25) is 19.2 Å². The van der Waals surface area contributed by atoms with Crippen molar-refractivity contribution in [3.8, 4) is 0 Å². The van der Waals surface area contributed by atoms with E-state index >= 15 is 0 Å². The van der Waals surface area contributed by atoms with Crippen molar-refractivity contribution in [3.63, 3.8) is 0 Å². The van der Waals surface area contributed by atoms with E-state index in [2.05, 4.69) is 243 Å². The first-order valence-electron chi connectivity index (χ1n) is 44.8. The zero-order chi connectivity index (χ0) is 82.6. The van der Waals surface area contributed by atoms with Gasteiger partial charge in [-0.05, 0) is 217 Å². The highest BCUT2D eigenvalue weighted by atomic mass is 16.2. The van der Waals surface area contributed by atoms with E-state index in [0.29, 0.717) is 50.9 Å². The smallest absolute Gasteiger partial charge is 0.222 e. The van der Waals surface area contributed by atoms with Gasteiger partial charge in [0.15, 0.2) is 0 Å². The van der Waals surface area contributed by atoms with Crippen LogP contribution in [0, 0.1) is 34.6 Å². The van der Waals surface area contributed by atoms with Crippen LogP contribution in [-0.4, -0.2) is 164 Å². The fourth-order valence-electron chi connectivity index (χ4n) is 19.7. The number of aromatic nitrogens is 5. The van der Waals surface area contributed by atoms with Gasteiger partial charge in [0.25, 0.3) is 0 Å². The van der Waals surface area contributed by atoms with Gasteiger partial charge >= 0.3 is 0 Å². The highest BCUT2D eigenvalue weighted by Gasteiger charge is 2.30. The second-order valence-corrected chi connectivity index (χ2v) is 35.5. The van der Waals surface area contributed by atoms with Gasteiger partial charge in [0.2, 0.25) is 23.6 Å². The molecule has 4 N–H and O–H groups in total. The van der Waals surface area contributed by atoms with Crippen molar-refractivity contribution in [3.05, 3.63) is 187 Å². The molecule has 18 nitrogen and oxygen atoms in total. The van der Waals surface area contributed by atoms with Crippen molar-refractivity contribution in [2.75, 3.05) is 81.1 Å². The lowest BCUT2D eigenvalue weighted by molar-refractivity contribution is -0.123. The number of amides is 4. The molecule has 5 aliphatic heterocycles. The molecule has 0 bridgehead atoms. The van der Waals surface area contributed by atoms with Gasteiger partial charge in [0.05, 0.1) is 0 Å². The van der Waals surface area contributed by atoms with Crippen molar-refractivity contribution in [2.45, 2.75) is 268 Å². The molecule has 5 aromatic heterocycles. The van der Waals surface area contributed by atoms with Crippen LogP contribution in [0.25, 0.3) is 54.5 Å². The Labute approximate surface area is 698 Å². The first-order chi connectivity index (χ1) is 56.5. The van der Waals surface area contributed by atoms with Crippen LogP contribution in [0.4, 0.5) is 0 Å². The van der Waals surface area contributed by atoms with Crippen LogP contribution < -0.4 is 21.3 Å². The van der Waals surface area contributed by atoms with E-state index in [0.717, 1.165) is 175 Å². The number of nitrogens with one attached hydrogen (secondary N) is 4. The van der Waals surface area contributed by atoms with E-state index in [1.807, 2.05) is 13.8 Å². The van der Waals surface area contributed by atoms with Crippen LogP contribution in [-0.2, 0) is 117 Å². The Morgan fingerprint density at radius 2 is 0.598 bits per heavy atom. The molecule has 0 saturated heterocycles. The predicted molar refractivity (Wildman–Crippen MR) is 483 cm³/mol. The normalized spacial score (nSPS) is 16.7. The van der Waals surface area contributed by atoms with Crippen molar-refractivity contribution < 1.29 is 19.2 Å². The molecule has 7 aliphatic rings. The second-order valence-electron chi connectivity index (χ2n) is 35.5. The number of carbonyl (C=O) groups excluding carboxylic acids is 4. The van der Waals surface area contributed by atoms with Crippen molar-refractivity contribution in [1.82, 2.24) is 68.6 Å². The lowest BCUT2D eigenvalue weighted by Crippen LogP contribution is -2.36. The molecule has 0 atom stereocenters. The summed E-state index contributed by atoms with van der Waals surface area (Å²) in [5.41, 5.74) is 29.2. The number of hydrogen-bond donors (Lipinski definition) is 4. The summed E-state index contributed by atoms with van der Waals surface area (Å²) in [6.45, 7) is 37.5. The third kappa shape index (κ3) is 20.9. The van der Waals surface area contributed by atoms with Gasteiger partial charge < -0.3 is 68.6 Å². The van der Waals surface area contributed by atoms with Crippen LogP contribution in [0.2, 0.25) is 0 Å². The Balaban J connectivity index is 0.000000127. The Morgan fingerprint density at radius 3 is 0.880 bits per heavy atom. The van der Waals surface area contributed by atoms with E-state index in [1.165, 1.54) is 165 Å². The highest BCUT2D eigenvalue weighted by molar-refractivity contribution is 5.91. The van der Waals surface area contributed by atoms with Gasteiger partial charge in [-0.2, -0.15) is 0 Å². The van der Waals surface area contributed by atoms with Crippen molar-refractivity contribution >= 4 is 78.1 Å². The summed E-state index contributed by atoms with van der Waals surface area (Å²) in [7, 11) is 11.0. The second kappa shape index (κ2) is 39.9. The minimum atomic E-state index is 0.137. The van der Waals surface area contributed by atoms with Crippen LogP contribution >= 0.6 is 0 Å². The molecular formula is C99H138N14O4. The maximum Gasteiger partial charge on any atom is 0.222 e. The third-order valence-corrected chi connectivity index (χ3v) is 26.1. The monoisotopic (exact) mass is 1590 g/mol. The molecule has 2 fully saturated rings. The fraction of sp³-hybridized carbons (Fsp3) is 0.535. The maximum absolute atomic E-state index is 12.5. The molecule has 0 spiro atoms. The van der Waals surface area contributed by atoms with Crippen LogP contribution in [0.1, 0.15) is 208 Å². The summed E-state index contributed by atoms with van der Waals surface area (Å²) in [6.07, 6.45) is 21.8. The number of likely N-dealkylation sites (N-methyl/N-ethyl adjacent to an activating group) is 5. The number of aryl methyl sites for hydroxylation is 10. The van der Waals surface area contributed by atoms with E-state index < -0.39 is 0 Å². The molecule has 0 unspecified atom stereocenters. The molecule has 117 heavy (non-hydrogen) atoms. The SMILES string of the molecule is C=C(CC)CCn1c2c(c3cc(C)ccc31)CN(C)CC2.CCNC(=O)CCCn1c2c(c3cc(C)ccc31)CN(C)CC2.CCNC(=O)CCn1c2c(c3cc(C)ccc31)CN(C)CC2.Cc1ccc2c(c1)c1c(n2CCC(=O)NC2CCCC2)CCN(C)C1.Cc1ccc2c(c1)c1c(n2CCC(=O)NC2CCCCC2)CCN(C)C1. The van der Waals surface area contributed by atoms with Crippen molar-refractivity contribution in [1.29, 1.82) is 0 Å². The highest BCUT2D eigenvalue weighted by Crippen LogP contribution is 2.38. The van der Waals surface area contributed by atoms with Gasteiger partial charge in [0.1, 0.15) is 0 Å². The Morgan fingerprint density at radius 1 is 0.342 bits per heavy atom. The quantitative estimate of drug-likeness (QED) is 0.0514. The average molecular weight is 1590 g/mol. The van der Waals surface area contributed by atoms with E-state index in [-0.39, 0.29) is 23.6 Å². The topological polar surface area (TPSA) is 157 Å². The first-order valence-corrected chi connectivity index (χ1v) is 44.8. The number of hydrogen-bond acceptors (Lipinski definition) is 9. The summed E-state index contributed by atoms with van der Waals surface area (Å²) >= 11 is 0. The molecule has 2 saturated carbocycles. The standard InChI is InChI=1S/C22H31N3O.C21H29N3O.C19H27N3O.C19H26N2.C18H25N3O/c1-16-8-9-20-18(14-16)19-15-24(2)12-10-21(19)25(20)13-11-22(26)23-17-6-4-3-5-7-17;1-15-7-8-19-17(13-15)18-14-23(2)11-9-20(18)24(19)12-10-21(25)22-16-5-3-4-6-16;1-4-20-19(23)6-5-10-22-17-8-7-14(2)12-15(17)16-13-21(3)11-9-18(16)22;1-5-14(2)8-11-21-18-7-6-15(3)12-16(18)17-13-20(4)10-9-19(17)21;1-4-19-18(22)8-10-21-16-6-5-13(2)11-14(16)15-12-20(3)9-7-17(15)21/h8-9,14,17H,3-7,10-13,15H2,1-2H3,(H,23,26);7-8,13,16H,3-6,9-12,14H2,1-2H3,(H,22,25);7-8,12H,4-6,9-11,13H2,1-3H3,(H,20,23);6-7,12H,2,5,8-11,13H2,1,3-4H3;5-6,11H,4,7-10,12H2,1-3H3,(H,19,22). The number of nitrogens with zero attached hydrogens (tertiary/aromatic N) is 10. The first kappa shape index (κ1) is 86.1. The van der Waals surface area contributed by atoms with E-state index in [4.69, 9.17) is 0 Å². The maximum atomic E-state index is 12.5. The zero-order valence-corrected chi connectivity index (χ0v) is 73.5. The average Bonchev–Trinajstić information content (AvgIpc) is 1.64. The number of fused-ring (bicyclic) bond motifs is 15. The van der Waals surface area contributed by atoms with E-state index in [1.54, 1.807) is 11.3 Å². The van der Waals surface area contributed by atoms with Gasteiger partial charge in [0, 0.05) is 264 Å². The molecule has 18 heteroatoms. The number of allylic oxidation sites excluding steroid dienone is 1. The largest absolute Gasteiger partial charge is 0.356 e. The minimum Gasteiger partial charge on any atom is -0.356 e. The molecule has 2 aliphatic carbocycles. The summed E-state index contributed by atoms with van der Waals surface area (Å²) in [5.74, 6) is 0.724. The third-order valence-electron chi connectivity index (χ3n) is 26.1. The van der Waals surface area contributed by atoms with Crippen LogP contribution in [0.5, 0.6) is 0 Å². The lowest BCUT2D eigenvalue weighted by atomic mass is 9.95. The number of benzene rings is 5. The molecule has 4 amide bonds. The van der Waals surface area contributed by atoms with Crippen molar-refractivity contribution in [2.24, 2.45) is 0 Å². The minimum absolute atomic E-state index is 0.137. The van der Waals surface area contributed by atoms with Crippen LogP contribution in [0.15, 0.2) is 103 Å². The molecule has 628 valence electrons. The summed E-state index contributed by atoms with van der Waals surface area (Å²) < 4.78 is 12.2. The van der Waals surface area contributed by atoms with Crippen LogP contribution in [0.3, 0.4) is 0 Å². The predicted octanol–water partition coefficient (Wildman–Crippen LogP) is 16.8. The molecule has 5 aromatic carbocycles. The van der Waals surface area contributed by atoms with Gasteiger partial charge in [-0.15, -0.1) is 0 Å². The summed E-state index contributed by atoms with van der Waals surface area (Å²) in [5, 5.41) is 19.2. The fourth-order valence-corrected chi connectivity index (χ4v) is 19.7. The molecule has 10 heterocycles. The van der Waals surface area contributed by atoms with E-state index in [9.17, 15) is 19.2 Å². The molecule has 10 aromatic rings. The zero-order valence-electron chi connectivity index (χ0n) is 73.5. The Bertz CT molecular complexity index is 5160. The lowest BCUT2D eigenvalue weighted by Gasteiger charge is -2.25. The summed E-state index contributed by atoms with van der Waals surface area (Å²) in [6, 6.07) is 34.6. The summed E-state index contributed by atoms with van der Waals surface area (Å²) in [4.78, 5) is 60.3. The number of rotatable bonds is 21. The molecular weight excluding hydrogens is 1450 g/mol. The number of carbonyl (C=O) groups is 4. The van der Waals surface area contributed by atoms with Gasteiger partial charge in [-0.25, -0.2) is 0 Å². The molecule has 17 rings (SSSR count). The Kier molecular flexibility index (Phi) is 29.3. The Hall–Kier alpha value is -8.78.